The van der Waals surface area contributed by atoms with Gasteiger partial charge in [0.05, 0.1) is 6.04 Å². The van der Waals surface area contributed by atoms with E-state index in [-0.39, 0.29) is 29.1 Å². The summed E-state index contributed by atoms with van der Waals surface area (Å²) >= 11 is 0. The fourth-order valence-electron chi connectivity index (χ4n) is 3.69. The summed E-state index contributed by atoms with van der Waals surface area (Å²) in [5, 5.41) is 8.91. The first-order valence-corrected chi connectivity index (χ1v) is 8.91. The molecule has 0 aromatic heterocycles. The summed E-state index contributed by atoms with van der Waals surface area (Å²) in [4.78, 5) is 26.1. The van der Waals surface area contributed by atoms with Gasteiger partial charge in [-0.2, -0.15) is 0 Å². The van der Waals surface area contributed by atoms with Crippen LogP contribution < -0.4 is 5.73 Å². The minimum absolute atomic E-state index is 0.0143. The number of aliphatic carboxylic acids is 1. The third-order valence-corrected chi connectivity index (χ3v) is 4.84. The van der Waals surface area contributed by atoms with Gasteiger partial charge in [0.25, 0.3) is 0 Å². The zero-order valence-electron chi connectivity index (χ0n) is 16.1. The van der Waals surface area contributed by atoms with E-state index in [9.17, 15) is 9.59 Å². The highest BCUT2D eigenvalue weighted by Gasteiger charge is 2.37. The summed E-state index contributed by atoms with van der Waals surface area (Å²) in [7, 11) is 0. The highest BCUT2D eigenvalue weighted by atomic mass is 16.4. The van der Waals surface area contributed by atoms with Crippen molar-refractivity contribution in [3.05, 3.63) is 0 Å². The van der Waals surface area contributed by atoms with Crippen LogP contribution in [-0.4, -0.2) is 63.0 Å². The number of carbonyl (C=O) groups is 2. The van der Waals surface area contributed by atoms with Gasteiger partial charge in [-0.15, -0.1) is 0 Å². The Hall–Kier alpha value is -1.14. The summed E-state index contributed by atoms with van der Waals surface area (Å²) in [6.45, 7) is 14.5. The molecular weight excluding hydrogens is 306 g/mol. The Morgan fingerprint density at radius 1 is 0.875 bits per heavy atom. The van der Waals surface area contributed by atoms with Crippen LogP contribution in [0.5, 0.6) is 0 Å². The molecule has 0 aromatic carbocycles. The summed E-state index contributed by atoms with van der Waals surface area (Å²) < 4.78 is 0. The van der Waals surface area contributed by atoms with E-state index >= 15 is 0 Å². The number of likely N-dealkylation sites (tertiary alicyclic amines) is 2. The van der Waals surface area contributed by atoms with E-state index in [1.807, 2.05) is 0 Å². The topological polar surface area (TPSA) is 86.9 Å². The number of amides is 1. The number of carboxylic acid groups (broad SMARTS) is 1. The lowest BCUT2D eigenvalue weighted by Gasteiger charge is -2.35. The van der Waals surface area contributed by atoms with Gasteiger partial charge in [0.15, 0.2) is 0 Å². The molecule has 0 aromatic rings. The summed E-state index contributed by atoms with van der Waals surface area (Å²) in [5.74, 6) is -0.857. The molecule has 2 rings (SSSR count). The van der Waals surface area contributed by atoms with E-state index in [1.54, 1.807) is 0 Å². The van der Waals surface area contributed by atoms with Gasteiger partial charge in [-0.05, 0) is 80.3 Å². The van der Waals surface area contributed by atoms with Crippen LogP contribution in [0.25, 0.3) is 0 Å². The average Bonchev–Trinajstić information content (AvgIpc) is 3.07. The maximum Gasteiger partial charge on any atom is 0.320 e. The second-order valence-corrected chi connectivity index (χ2v) is 8.79. The molecule has 140 valence electrons. The molecule has 0 radical (unpaired) electrons. The van der Waals surface area contributed by atoms with Crippen molar-refractivity contribution in [3.8, 4) is 0 Å². The van der Waals surface area contributed by atoms with Gasteiger partial charge in [0.2, 0.25) is 5.91 Å². The van der Waals surface area contributed by atoms with Crippen molar-refractivity contribution in [2.75, 3.05) is 13.1 Å². The van der Waals surface area contributed by atoms with Crippen LogP contribution in [0.3, 0.4) is 0 Å². The minimum Gasteiger partial charge on any atom is -0.480 e. The molecule has 1 amide bonds. The zero-order valence-corrected chi connectivity index (χ0v) is 16.1. The Balaban J connectivity index is 0.000000240. The second-order valence-electron chi connectivity index (χ2n) is 8.79. The largest absolute Gasteiger partial charge is 0.480 e. The molecule has 6 nitrogen and oxygen atoms in total. The molecule has 0 saturated carbocycles. The average molecular weight is 341 g/mol. The molecule has 2 saturated heterocycles. The van der Waals surface area contributed by atoms with Gasteiger partial charge in [-0.1, -0.05) is 0 Å². The first-order chi connectivity index (χ1) is 10.9. The smallest absolute Gasteiger partial charge is 0.320 e. The number of carboxylic acids is 1. The molecular formula is C18H35N3O3. The lowest BCUT2D eigenvalue weighted by molar-refractivity contribution is -0.143. The van der Waals surface area contributed by atoms with Crippen LogP contribution in [0.15, 0.2) is 0 Å². The fourth-order valence-corrected chi connectivity index (χ4v) is 3.69. The van der Waals surface area contributed by atoms with E-state index in [2.05, 4.69) is 51.3 Å². The van der Waals surface area contributed by atoms with Gasteiger partial charge in [0, 0.05) is 11.1 Å². The van der Waals surface area contributed by atoms with Crippen molar-refractivity contribution in [1.29, 1.82) is 0 Å². The molecule has 6 heteroatoms. The first kappa shape index (κ1) is 20.9. The molecule has 2 aliphatic heterocycles. The predicted octanol–water partition coefficient (Wildman–Crippen LogP) is 2.07. The molecule has 0 aliphatic carbocycles. The zero-order chi connectivity index (χ0) is 18.7. The molecule has 2 fully saturated rings. The highest BCUT2D eigenvalue weighted by Crippen LogP contribution is 2.26. The third kappa shape index (κ3) is 5.45. The molecule has 2 aliphatic rings. The van der Waals surface area contributed by atoms with Gasteiger partial charge >= 0.3 is 5.97 Å². The number of rotatable bonds is 2. The Morgan fingerprint density at radius 2 is 1.25 bits per heavy atom. The van der Waals surface area contributed by atoms with E-state index in [4.69, 9.17) is 10.8 Å². The van der Waals surface area contributed by atoms with E-state index in [0.717, 1.165) is 38.8 Å². The van der Waals surface area contributed by atoms with E-state index in [1.165, 1.54) is 0 Å². The number of primary amides is 1. The summed E-state index contributed by atoms with van der Waals surface area (Å²) in [6.07, 6.45) is 3.82. The number of carbonyl (C=O) groups excluding carboxylic acids is 1. The van der Waals surface area contributed by atoms with Crippen LogP contribution in [0.2, 0.25) is 0 Å². The molecule has 2 heterocycles. The number of nitrogens with two attached hydrogens (primary N) is 1. The molecule has 0 spiro atoms. The third-order valence-electron chi connectivity index (χ3n) is 4.84. The minimum atomic E-state index is -0.678. The Morgan fingerprint density at radius 3 is 1.50 bits per heavy atom. The second kappa shape index (κ2) is 7.83. The Bertz CT molecular complexity index is 409. The lowest BCUT2D eigenvalue weighted by atomic mass is 10.0. The standard InChI is InChI=1S/C9H18N2O.C9H17NO2/c1-9(2,3)11-6-4-5-7(11)8(10)12;1-9(2,3)10-6-4-5-7(10)8(11)12/h7H,4-6H2,1-3H3,(H2,10,12);7H,4-6H2,1-3H3,(H,11,12). The lowest BCUT2D eigenvalue weighted by Crippen LogP contribution is -2.49. The fraction of sp³-hybridized carbons (Fsp3) is 0.889. The molecule has 2 atom stereocenters. The predicted molar refractivity (Wildman–Crippen MR) is 95.8 cm³/mol. The van der Waals surface area contributed by atoms with Crippen molar-refractivity contribution >= 4 is 11.9 Å². The van der Waals surface area contributed by atoms with Crippen molar-refractivity contribution < 1.29 is 14.7 Å². The van der Waals surface area contributed by atoms with E-state index < -0.39 is 5.97 Å². The first-order valence-electron chi connectivity index (χ1n) is 8.91. The Kier molecular flexibility index (Phi) is 6.82. The monoisotopic (exact) mass is 341 g/mol. The van der Waals surface area contributed by atoms with Gasteiger partial charge in [-0.3, -0.25) is 19.4 Å². The quantitative estimate of drug-likeness (QED) is 0.803. The van der Waals surface area contributed by atoms with E-state index in [0.29, 0.717) is 0 Å². The van der Waals surface area contributed by atoms with Crippen molar-refractivity contribution in [2.24, 2.45) is 5.73 Å². The van der Waals surface area contributed by atoms with Crippen molar-refractivity contribution in [3.63, 3.8) is 0 Å². The van der Waals surface area contributed by atoms with Crippen LogP contribution in [0.1, 0.15) is 67.2 Å². The maximum atomic E-state index is 11.0. The van der Waals surface area contributed by atoms with Crippen molar-refractivity contribution in [2.45, 2.75) is 90.4 Å². The summed E-state index contributed by atoms with van der Waals surface area (Å²) in [6, 6.07) is -0.296. The van der Waals surface area contributed by atoms with Crippen LogP contribution in [-0.2, 0) is 9.59 Å². The normalized spacial score (nSPS) is 26.1. The van der Waals surface area contributed by atoms with Gasteiger partial charge in [0.1, 0.15) is 6.04 Å². The van der Waals surface area contributed by atoms with Gasteiger partial charge in [-0.25, -0.2) is 0 Å². The highest BCUT2D eigenvalue weighted by molar-refractivity contribution is 5.80. The van der Waals surface area contributed by atoms with Crippen molar-refractivity contribution in [1.82, 2.24) is 9.80 Å². The summed E-state index contributed by atoms with van der Waals surface area (Å²) in [5.41, 5.74) is 5.36. The van der Waals surface area contributed by atoms with Crippen LogP contribution >= 0.6 is 0 Å². The molecule has 0 bridgehead atoms. The molecule has 24 heavy (non-hydrogen) atoms. The maximum absolute atomic E-state index is 11.0. The number of hydrogen-bond acceptors (Lipinski definition) is 4. The Labute approximate surface area is 146 Å². The number of nitrogens with zero attached hydrogens (tertiary/aromatic N) is 2. The van der Waals surface area contributed by atoms with Crippen LogP contribution in [0, 0.1) is 0 Å². The van der Waals surface area contributed by atoms with Gasteiger partial charge < -0.3 is 10.8 Å². The number of hydrogen-bond donors (Lipinski definition) is 2. The van der Waals surface area contributed by atoms with Crippen LogP contribution in [0.4, 0.5) is 0 Å². The molecule has 2 unspecified atom stereocenters. The molecule has 3 N–H and O–H groups in total. The SMILES string of the molecule is CC(C)(C)N1CCCC1C(=O)O.CC(C)(C)N1CCCC1C(N)=O.